The Morgan fingerprint density at radius 1 is 0.766 bits per heavy atom. The summed E-state index contributed by atoms with van der Waals surface area (Å²) in [5.74, 6) is -1.40. The molecular formula is C50H50F2N6O4S2. The van der Waals surface area contributed by atoms with Gasteiger partial charge in [-0.3, -0.25) is 30.2 Å². The fourth-order valence-electron chi connectivity index (χ4n) is 6.62. The lowest BCUT2D eigenvalue weighted by Gasteiger charge is -2.26. The molecule has 1 saturated heterocycles. The maximum atomic E-state index is 14.7. The number of amides is 1. The van der Waals surface area contributed by atoms with Gasteiger partial charge in [-0.2, -0.15) is 0 Å². The van der Waals surface area contributed by atoms with Crippen molar-refractivity contribution in [1.29, 1.82) is 0 Å². The van der Waals surface area contributed by atoms with E-state index in [1.54, 1.807) is 72.1 Å². The third kappa shape index (κ3) is 13.1. The highest BCUT2D eigenvalue weighted by Gasteiger charge is 2.22. The van der Waals surface area contributed by atoms with Crippen molar-refractivity contribution in [3.05, 3.63) is 189 Å². The molecule has 0 spiro atoms. The topological polar surface area (TPSA) is 124 Å². The van der Waals surface area contributed by atoms with Crippen molar-refractivity contribution in [2.45, 2.75) is 37.0 Å². The van der Waals surface area contributed by atoms with Crippen molar-refractivity contribution in [2.75, 3.05) is 39.4 Å². The maximum absolute atomic E-state index is 14.7. The number of hydrogen-bond acceptors (Lipinski definition) is 11. The number of nitrogens with zero attached hydrogens (tertiary/aromatic N) is 3. The number of ketones is 2. The summed E-state index contributed by atoms with van der Waals surface area (Å²) >= 11 is 3.13. The van der Waals surface area contributed by atoms with E-state index in [1.165, 1.54) is 19.1 Å². The molecule has 10 nitrogen and oxygen atoms in total. The molecule has 3 heterocycles. The number of benzene rings is 4. The molecular weight excluding hydrogens is 851 g/mol. The number of hydrazine groups is 2. The highest BCUT2D eigenvalue weighted by molar-refractivity contribution is 8.03. The van der Waals surface area contributed by atoms with Crippen LogP contribution >= 0.6 is 23.5 Å². The molecule has 4 aromatic rings. The highest BCUT2D eigenvalue weighted by atomic mass is 32.2. The van der Waals surface area contributed by atoms with Gasteiger partial charge in [-0.15, -0.1) is 6.58 Å². The molecule has 1 fully saturated rings. The van der Waals surface area contributed by atoms with Crippen LogP contribution in [0.5, 0.6) is 0 Å². The predicted octanol–water partition coefficient (Wildman–Crippen LogP) is 8.92. The zero-order valence-corrected chi connectivity index (χ0v) is 37.5. The van der Waals surface area contributed by atoms with E-state index in [4.69, 9.17) is 14.7 Å². The predicted molar refractivity (Wildman–Crippen MR) is 253 cm³/mol. The monoisotopic (exact) mass is 900 g/mol. The van der Waals surface area contributed by atoms with Gasteiger partial charge in [0.25, 0.3) is 0 Å². The first-order valence-electron chi connectivity index (χ1n) is 20.7. The van der Waals surface area contributed by atoms with Crippen molar-refractivity contribution in [3.63, 3.8) is 0 Å². The van der Waals surface area contributed by atoms with E-state index in [-0.39, 0.29) is 48.6 Å². The Kier molecular flexibility index (Phi) is 17.6. The SMILES string of the molecule is C=CC(C=CC1=C(C)Sc2ccccc2C(c2ccccc2F)=N1)C(=O)CNNCC(C)=O.CC1=C(/C=C\CC(=O)NN2CCOCC2)Sc2ccccc2C(c2ccccc2F)=N1. The molecule has 1 unspecified atom stereocenters. The molecule has 64 heavy (non-hydrogen) atoms. The number of allylic oxidation sites excluding steroid dienone is 6. The summed E-state index contributed by atoms with van der Waals surface area (Å²) in [6.45, 7) is 11.9. The second-order valence-corrected chi connectivity index (χ2v) is 17.0. The number of aliphatic imine (C=N–C) groups is 2. The van der Waals surface area contributed by atoms with Crippen LogP contribution in [0, 0.1) is 17.6 Å². The van der Waals surface area contributed by atoms with Crippen LogP contribution in [0.15, 0.2) is 175 Å². The number of nitrogens with one attached hydrogen (secondary N) is 3. The summed E-state index contributed by atoms with van der Waals surface area (Å²) < 4.78 is 34.5. The van der Waals surface area contributed by atoms with E-state index in [0.717, 1.165) is 36.4 Å². The summed E-state index contributed by atoms with van der Waals surface area (Å²) in [5, 5.41) is 1.88. The molecule has 4 aromatic carbocycles. The molecule has 14 heteroatoms. The third-order valence-corrected chi connectivity index (χ3v) is 12.3. The molecule has 1 amide bonds. The van der Waals surface area contributed by atoms with Crippen LogP contribution in [-0.2, 0) is 19.1 Å². The van der Waals surface area contributed by atoms with Gasteiger partial charge in [0.05, 0.1) is 55.0 Å². The highest BCUT2D eigenvalue weighted by Crippen LogP contribution is 2.39. The number of rotatable bonds is 15. The maximum Gasteiger partial charge on any atom is 0.238 e. The van der Waals surface area contributed by atoms with Crippen LogP contribution in [0.4, 0.5) is 8.78 Å². The van der Waals surface area contributed by atoms with Gasteiger partial charge in [0.2, 0.25) is 5.91 Å². The number of Topliss-reactive ketones (excluding diaryl/α,β-unsaturated/α-hetero) is 2. The van der Waals surface area contributed by atoms with Crippen LogP contribution in [0.1, 0.15) is 49.4 Å². The van der Waals surface area contributed by atoms with Crippen molar-refractivity contribution in [2.24, 2.45) is 15.9 Å². The lowest BCUT2D eigenvalue weighted by Crippen LogP contribution is -2.48. The van der Waals surface area contributed by atoms with E-state index in [2.05, 4.69) is 22.9 Å². The van der Waals surface area contributed by atoms with Crippen molar-refractivity contribution >= 4 is 52.4 Å². The summed E-state index contributed by atoms with van der Waals surface area (Å²) in [6.07, 6.45) is 9.10. The van der Waals surface area contributed by atoms with Crippen LogP contribution in [-0.4, -0.2) is 73.3 Å². The summed E-state index contributed by atoms with van der Waals surface area (Å²) in [7, 11) is 0. The second-order valence-electron chi connectivity index (χ2n) is 14.7. The average Bonchev–Trinajstić information content (AvgIpc) is 3.52. The molecule has 0 bridgehead atoms. The molecule has 7 rings (SSSR count). The van der Waals surface area contributed by atoms with Crippen molar-refractivity contribution in [1.82, 2.24) is 21.3 Å². The first kappa shape index (κ1) is 47.6. The zero-order valence-electron chi connectivity index (χ0n) is 35.9. The summed E-state index contributed by atoms with van der Waals surface area (Å²) in [5.41, 5.74) is 13.6. The normalized spacial score (nSPS) is 15.8. The number of carbonyl (C=O) groups is 3. The van der Waals surface area contributed by atoms with E-state index >= 15 is 0 Å². The second kappa shape index (κ2) is 23.7. The molecule has 3 N–H and O–H groups in total. The summed E-state index contributed by atoms with van der Waals surface area (Å²) in [4.78, 5) is 49.2. The average molecular weight is 901 g/mol. The molecule has 0 aliphatic carbocycles. The largest absolute Gasteiger partial charge is 0.379 e. The lowest BCUT2D eigenvalue weighted by atomic mass is 10.0. The molecule has 1 atom stereocenters. The summed E-state index contributed by atoms with van der Waals surface area (Å²) in [6, 6.07) is 28.9. The minimum absolute atomic E-state index is 0.0343. The number of fused-ring (bicyclic) bond motifs is 2. The van der Waals surface area contributed by atoms with Crippen LogP contribution in [0.2, 0.25) is 0 Å². The quantitative estimate of drug-likeness (QED) is 0.0610. The molecule has 0 aromatic heterocycles. The Bertz CT molecular complexity index is 2560. The molecule has 3 aliphatic heterocycles. The number of ether oxygens (including phenoxy) is 1. The molecule has 0 radical (unpaired) electrons. The van der Waals surface area contributed by atoms with E-state index < -0.39 is 5.92 Å². The van der Waals surface area contributed by atoms with Crippen molar-refractivity contribution < 1.29 is 27.9 Å². The smallest absolute Gasteiger partial charge is 0.238 e. The lowest BCUT2D eigenvalue weighted by molar-refractivity contribution is -0.127. The van der Waals surface area contributed by atoms with Crippen LogP contribution < -0.4 is 16.3 Å². The van der Waals surface area contributed by atoms with E-state index in [0.29, 0.717) is 54.6 Å². The zero-order chi connectivity index (χ0) is 45.4. The van der Waals surface area contributed by atoms with Gasteiger partial charge in [0.1, 0.15) is 17.4 Å². The van der Waals surface area contributed by atoms with Gasteiger partial charge < -0.3 is 4.74 Å². The first-order valence-corrected chi connectivity index (χ1v) is 22.4. The number of carbonyl (C=O) groups excluding carboxylic acids is 3. The Labute approximate surface area is 381 Å². The van der Waals surface area contributed by atoms with Crippen LogP contribution in [0.25, 0.3) is 0 Å². The minimum Gasteiger partial charge on any atom is -0.379 e. The Hall–Kier alpha value is -5.87. The molecule has 0 saturated carbocycles. The Balaban J connectivity index is 0.000000213. The van der Waals surface area contributed by atoms with E-state index in [9.17, 15) is 23.2 Å². The van der Waals surface area contributed by atoms with Gasteiger partial charge in [0.15, 0.2) is 5.78 Å². The molecule has 330 valence electrons. The molecule has 3 aliphatic rings. The Morgan fingerprint density at radius 3 is 1.91 bits per heavy atom. The number of halogens is 2. The number of morpholine rings is 1. The fourth-order valence-corrected chi connectivity index (χ4v) is 8.60. The number of hydrogen-bond donors (Lipinski definition) is 3. The van der Waals surface area contributed by atoms with Gasteiger partial charge >= 0.3 is 0 Å². The van der Waals surface area contributed by atoms with Crippen molar-refractivity contribution in [3.8, 4) is 0 Å². The Morgan fingerprint density at radius 2 is 1.31 bits per heavy atom. The number of thioether (sulfide) groups is 2. The van der Waals surface area contributed by atoms with Gasteiger partial charge in [0, 0.05) is 61.4 Å². The van der Waals surface area contributed by atoms with Gasteiger partial charge in [-0.1, -0.05) is 102 Å². The van der Waals surface area contributed by atoms with Gasteiger partial charge in [-0.25, -0.2) is 24.2 Å². The minimum atomic E-state index is -0.542. The first-order chi connectivity index (χ1) is 31.0. The standard InChI is InChI=1S/C26H26FN3O2S.C24H24FN3O2S/c1-4-19(24(32)16-29-28-15-17(2)31)13-14-23-18(3)33-25-12-8-6-10-21(25)26(30-23)20-9-5-7-11-22(20)27;1-17-21(11-6-12-23(29)27-28-13-15-30-16-14-28)31-22-10-5-3-8-19(22)24(26-17)18-7-2-4-9-20(18)25/h4-14,19,28-29H,1,15-16H2,2-3H3;2-11H,12-16H2,1H3,(H,27,29)/b;11-6-. The van der Waals surface area contributed by atoms with Gasteiger partial charge in [-0.05, 0) is 69.3 Å². The van der Waals surface area contributed by atoms with Crippen LogP contribution in [0.3, 0.4) is 0 Å². The fraction of sp³-hybridized carbons (Fsp3) is 0.220. The third-order valence-electron chi connectivity index (χ3n) is 9.93. The van der Waals surface area contributed by atoms with E-state index in [1.807, 2.05) is 85.6 Å².